The van der Waals surface area contributed by atoms with Crippen LogP contribution < -0.4 is 5.56 Å². The molecule has 4 aromatic rings. The molecule has 0 spiro atoms. The van der Waals surface area contributed by atoms with Crippen molar-refractivity contribution in [2.75, 3.05) is 20.8 Å². The Kier molecular flexibility index (Phi) is 4.67. The van der Waals surface area contributed by atoms with Crippen molar-refractivity contribution in [3.05, 3.63) is 46.5 Å². The molecule has 0 aliphatic rings. The Balaban J connectivity index is 2.01. The van der Waals surface area contributed by atoms with Gasteiger partial charge in [0.25, 0.3) is 11.4 Å². The van der Waals surface area contributed by atoms with Gasteiger partial charge < -0.3 is 18.6 Å². The molecular weight excluding hydrogens is 381 g/mol. The molecule has 0 radical (unpaired) electrons. The van der Waals surface area contributed by atoms with Gasteiger partial charge in [0.15, 0.2) is 5.69 Å². The van der Waals surface area contributed by atoms with Crippen LogP contribution in [-0.2, 0) is 21.6 Å². The Morgan fingerprint density at radius 3 is 2.76 bits per heavy atom. The molecule has 0 saturated carbocycles. The first-order valence-corrected chi connectivity index (χ1v) is 8.95. The summed E-state index contributed by atoms with van der Waals surface area (Å²) in [5.41, 5.74) is -0.101. The number of para-hydroxylation sites is 1. The fourth-order valence-electron chi connectivity index (χ4n) is 3.14. The van der Waals surface area contributed by atoms with Crippen LogP contribution in [0.4, 0.5) is 4.39 Å². The summed E-state index contributed by atoms with van der Waals surface area (Å²) in [6, 6.07) is 4.60. The van der Waals surface area contributed by atoms with Crippen molar-refractivity contribution in [3.63, 3.8) is 0 Å². The Labute approximate surface area is 164 Å². The first kappa shape index (κ1) is 19.2. The van der Waals surface area contributed by atoms with Crippen molar-refractivity contribution in [2.45, 2.75) is 26.0 Å². The SMILES string of the molecule is COCCn1c(=O)c2c(-c3nc(C(C)(C)OC)no3)ncn2c2cccc(F)c21. The molecule has 0 bridgehead atoms. The minimum atomic E-state index is -0.772. The lowest BCUT2D eigenvalue weighted by Crippen LogP contribution is -2.25. The standard InChI is InChI=1S/C19H20FN5O4/c1-19(2,28-4)18-22-16(29-23-18)13-15-17(26)24(8-9-27-3)14-11(20)6-5-7-12(14)25(15)10-21-13/h5-7,10H,8-9H2,1-4H3. The first-order valence-electron chi connectivity index (χ1n) is 8.95. The second kappa shape index (κ2) is 7.05. The highest BCUT2D eigenvalue weighted by molar-refractivity contribution is 5.83. The van der Waals surface area contributed by atoms with Crippen LogP contribution in [-0.4, -0.2) is 44.9 Å². The highest BCUT2D eigenvalue weighted by Gasteiger charge is 2.28. The van der Waals surface area contributed by atoms with Crippen molar-refractivity contribution in [1.29, 1.82) is 0 Å². The van der Waals surface area contributed by atoms with E-state index in [0.29, 0.717) is 11.3 Å². The summed E-state index contributed by atoms with van der Waals surface area (Å²) >= 11 is 0. The predicted octanol–water partition coefficient (Wildman–Crippen LogP) is 2.37. The summed E-state index contributed by atoms with van der Waals surface area (Å²) in [6.45, 7) is 4.01. The Morgan fingerprint density at radius 1 is 1.24 bits per heavy atom. The lowest BCUT2D eigenvalue weighted by Gasteiger charge is -2.17. The highest BCUT2D eigenvalue weighted by atomic mass is 19.1. The van der Waals surface area contributed by atoms with Crippen LogP contribution in [0.15, 0.2) is 33.8 Å². The topological polar surface area (TPSA) is 96.7 Å². The molecule has 1 aromatic carbocycles. The van der Waals surface area contributed by atoms with Crippen LogP contribution in [0.5, 0.6) is 0 Å². The number of hydrogen-bond acceptors (Lipinski definition) is 7. The average Bonchev–Trinajstić information content (AvgIpc) is 3.36. The van der Waals surface area contributed by atoms with E-state index in [4.69, 9.17) is 14.0 Å². The zero-order valence-corrected chi connectivity index (χ0v) is 16.5. The third kappa shape index (κ3) is 3.00. The number of ether oxygens (including phenoxy) is 2. The van der Waals surface area contributed by atoms with Crippen LogP contribution in [0.1, 0.15) is 19.7 Å². The van der Waals surface area contributed by atoms with Gasteiger partial charge in [-0.2, -0.15) is 4.98 Å². The summed E-state index contributed by atoms with van der Waals surface area (Å²) in [6.07, 6.45) is 1.44. The van der Waals surface area contributed by atoms with Crippen molar-refractivity contribution < 1.29 is 18.4 Å². The quantitative estimate of drug-likeness (QED) is 0.489. The lowest BCUT2D eigenvalue weighted by atomic mass is 10.1. The van der Waals surface area contributed by atoms with Crippen LogP contribution in [0.3, 0.4) is 0 Å². The molecule has 3 heterocycles. The Hall–Kier alpha value is -3.11. The van der Waals surface area contributed by atoms with Gasteiger partial charge in [-0.1, -0.05) is 11.2 Å². The molecule has 0 aliphatic carbocycles. The van der Waals surface area contributed by atoms with Crippen molar-refractivity contribution >= 4 is 16.6 Å². The molecule has 152 valence electrons. The van der Waals surface area contributed by atoms with E-state index in [1.165, 1.54) is 35.6 Å². The van der Waals surface area contributed by atoms with E-state index in [9.17, 15) is 9.18 Å². The maximum absolute atomic E-state index is 14.6. The van der Waals surface area contributed by atoms with E-state index in [1.54, 1.807) is 26.0 Å². The van der Waals surface area contributed by atoms with Crippen LogP contribution in [0, 0.1) is 5.82 Å². The van der Waals surface area contributed by atoms with Gasteiger partial charge in [-0.3, -0.25) is 9.20 Å². The van der Waals surface area contributed by atoms with Crippen LogP contribution in [0.25, 0.3) is 28.1 Å². The van der Waals surface area contributed by atoms with Gasteiger partial charge in [-0.05, 0) is 26.0 Å². The third-order valence-corrected chi connectivity index (χ3v) is 4.91. The average molecular weight is 401 g/mol. The molecule has 4 rings (SSSR count). The summed E-state index contributed by atoms with van der Waals surface area (Å²) < 4.78 is 33.3. The number of nitrogens with zero attached hydrogens (tertiary/aromatic N) is 5. The van der Waals surface area contributed by atoms with Gasteiger partial charge in [0.2, 0.25) is 5.82 Å². The van der Waals surface area contributed by atoms with E-state index >= 15 is 0 Å². The molecule has 0 N–H and O–H groups in total. The van der Waals surface area contributed by atoms with Gasteiger partial charge in [0, 0.05) is 20.8 Å². The number of methoxy groups -OCH3 is 2. The maximum Gasteiger partial charge on any atom is 0.279 e. The summed E-state index contributed by atoms with van der Waals surface area (Å²) in [5, 5.41) is 3.95. The highest BCUT2D eigenvalue weighted by Crippen LogP contribution is 2.27. The van der Waals surface area contributed by atoms with Crippen molar-refractivity contribution in [2.24, 2.45) is 0 Å². The number of hydrogen-bond donors (Lipinski definition) is 0. The fraction of sp³-hybridized carbons (Fsp3) is 0.368. The minimum absolute atomic E-state index is 0.0822. The third-order valence-electron chi connectivity index (χ3n) is 4.91. The van der Waals surface area contributed by atoms with Gasteiger partial charge in [-0.15, -0.1) is 0 Å². The second-order valence-corrected chi connectivity index (χ2v) is 7.01. The molecule has 0 amide bonds. The molecule has 9 nitrogen and oxygen atoms in total. The molecule has 10 heteroatoms. The molecule has 0 saturated heterocycles. The number of halogens is 1. The van der Waals surface area contributed by atoms with E-state index in [1.807, 2.05) is 0 Å². The van der Waals surface area contributed by atoms with Crippen molar-refractivity contribution in [3.8, 4) is 11.6 Å². The van der Waals surface area contributed by atoms with Gasteiger partial charge in [0.1, 0.15) is 28.8 Å². The van der Waals surface area contributed by atoms with E-state index in [-0.39, 0.29) is 35.8 Å². The van der Waals surface area contributed by atoms with E-state index < -0.39 is 17.0 Å². The van der Waals surface area contributed by atoms with Gasteiger partial charge in [0.05, 0.1) is 12.1 Å². The normalized spacial score (nSPS) is 12.3. The molecule has 0 fully saturated rings. The van der Waals surface area contributed by atoms with Crippen LogP contribution >= 0.6 is 0 Å². The smallest absolute Gasteiger partial charge is 0.279 e. The minimum Gasteiger partial charge on any atom is -0.383 e. The number of imidazole rings is 1. The Morgan fingerprint density at radius 2 is 2.03 bits per heavy atom. The fourth-order valence-corrected chi connectivity index (χ4v) is 3.14. The van der Waals surface area contributed by atoms with E-state index in [0.717, 1.165) is 0 Å². The van der Waals surface area contributed by atoms with Gasteiger partial charge >= 0.3 is 0 Å². The lowest BCUT2D eigenvalue weighted by molar-refractivity contribution is 0.00973. The second-order valence-electron chi connectivity index (χ2n) is 7.01. The number of rotatable bonds is 6. The van der Waals surface area contributed by atoms with Gasteiger partial charge in [-0.25, -0.2) is 9.37 Å². The molecule has 0 unspecified atom stereocenters. The predicted molar refractivity (Wildman–Crippen MR) is 102 cm³/mol. The zero-order valence-electron chi connectivity index (χ0n) is 16.5. The molecule has 0 aliphatic heterocycles. The van der Waals surface area contributed by atoms with Crippen molar-refractivity contribution in [1.82, 2.24) is 24.1 Å². The Bertz CT molecular complexity index is 1260. The number of benzene rings is 1. The molecular formula is C19H20FN5O4. The number of aromatic nitrogens is 5. The number of fused-ring (bicyclic) bond motifs is 3. The van der Waals surface area contributed by atoms with Crippen LogP contribution in [0.2, 0.25) is 0 Å². The largest absolute Gasteiger partial charge is 0.383 e. The monoisotopic (exact) mass is 401 g/mol. The summed E-state index contributed by atoms with van der Waals surface area (Å²) in [7, 11) is 3.06. The van der Waals surface area contributed by atoms with E-state index in [2.05, 4.69) is 15.1 Å². The molecule has 29 heavy (non-hydrogen) atoms. The molecule has 3 aromatic heterocycles. The summed E-state index contributed by atoms with van der Waals surface area (Å²) in [5.74, 6) is -0.101. The molecule has 0 atom stereocenters. The summed E-state index contributed by atoms with van der Waals surface area (Å²) in [4.78, 5) is 21.9. The maximum atomic E-state index is 14.6. The first-order chi connectivity index (χ1) is 13.9. The zero-order chi connectivity index (χ0) is 20.8.